The number of hydrogen-bond donors (Lipinski definition) is 1. The van der Waals surface area contributed by atoms with Gasteiger partial charge in [-0.05, 0) is 42.8 Å². The van der Waals surface area contributed by atoms with Crippen LogP contribution in [0.1, 0.15) is 12.8 Å². The lowest BCUT2D eigenvalue weighted by atomic mass is 10.1. The van der Waals surface area contributed by atoms with Gasteiger partial charge in [-0.15, -0.1) is 0 Å². The summed E-state index contributed by atoms with van der Waals surface area (Å²) in [6, 6.07) is 11.5. The lowest BCUT2D eigenvalue weighted by Crippen LogP contribution is -2.42. The second-order valence-corrected chi connectivity index (χ2v) is 8.03. The zero-order valence-corrected chi connectivity index (χ0v) is 14.6. The minimum Gasteiger partial charge on any atom is -0.323 e. The fraction of sp³-hybridized carbons (Fsp3) is 0.222. The molecule has 0 bridgehead atoms. The van der Waals surface area contributed by atoms with Gasteiger partial charge in [0.25, 0.3) is 0 Å². The number of sulfone groups is 1. The van der Waals surface area contributed by atoms with Gasteiger partial charge in [-0.25, -0.2) is 12.8 Å². The molecule has 2 amide bonds. The Labute approximate surface area is 150 Å². The third-order valence-electron chi connectivity index (χ3n) is 4.05. The zero-order valence-electron chi connectivity index (χ0n) is 13.8. The fourth-order valence-corrected chi connectivity index (χ4v) is 4.07. The van der Waals surface area contributed by atoms with Crippen LogP contribution in [-0.4, -0.2) is 32.5 Å². The van der Waals surface area contributed by atoms with Crippen molar-refractivity contribution in [2.45, 2.75) is 17.7 Å². The van der Waals surface area contributed by atoms with Crippen LogP contribution in [0.15, 0.2) is 53.4 Å². The maximum Gasteiger partial charge on any atom is 0.244 e. The van der Waals surface area contributed by atoms with Crippen LogP contribution >= 0.6 is 0 Å². The number of fused-ring (bicyclic) bond motifs is 1. The molecule has 6 nitrogen and oxygen atoms in total. The predicted octanol–water partition coefficient (Wildman–Crippen LogP) is 2.36. The summed E-state index contributed by atoms with van der Waals surface area (Å²) in [5.74, 6) is -1.36. The Hall–Kier alpha value is -2.74. The highest BCUT2D eigenvalue weighted by molar-refractivity contribution is 7.91. The Morgan fingerprint density at radius 2 is 1.81 bits per heavy atom. The second kappa shape index (κ2) is 7.25. The summed E-state index contributed by atoms with van der Waals surface area (Å²) in [6.07, 6.45) is 0.0981. The summed E-state index contributed by atoms with van der Waals surface area (Å²) < 4.78 is 37.4. The maximum absolute atomic E-state index is 12.9. The van der Waals surface area contributed by atoms with Crippen LogP contribution < -0.4 is 10.2 Å². The van der Waals surface area contributed by atoms with E-state index in [0.717, 1.165) is 12.1 Å². The molecule has 0 aromatic heterocycles. The van der Waals surface area contributed by atoms with Gasteiger partial charge in [0.2, 0.25) is 11.8 Å². The quantitative estimate of drug-likeness (QED) is 0.812. The third-order valence-corrected chi connectivity index (χ3v) is 5.86. The molecule has 0 radical (unpaired) electrons. The van der Waals surface area contributed by atoms with Crippen molar-refractivity contribution in [2.24, 2.45) is 0 Å². The minimum atomic E-state index is -3.59. The predicted molar refractivity (Wildman–Crippen MR) is 95.1 cm³/mol. The molecule has 2 aromatic rings. The molecule has 0 saturated carbocycles. The average Bonchev–Trinajstić information content (AvgIpc) is 2.61. The topological polar surface area (TPSA) is 83.6 Å². The number of carbonyl (C=O) groups excluding carboxylic acids is 2. The summed E-state index contributed by atoms with van der Waals surface area (Å²) in [6.45, 7) is -0.0967. The number of carbonyl (C=O) groups is 2. The van der Waals surface area contributed by atoms with Crippen molar-refractivity contribution in [1.82, 2.24) is 0 Å². The van der Waals surface area contributed by atoms with Crippen molar-refractivity contribution >= 4 is 33.0 Å². The number of rotatable bonds is 5. The van der Waals surface area contributed by atoms with Crippen LogP contribution in [0.5, 0.6) is 0 Å². The first kappa shape index (κ1) is 18.1. The first-order valence-electron chi connectivity index (χ1n) is 8.04. The normalized spacial score (nSPS) is 13.9. The molecule has 1 heterocycles. The molecule has 1 N–H and O–H groups in total. The van der Waals surface area contributed by atoms with Crippen LogP contribution in [0, 0.1) is 5.82 Å². The van der Waals surface area contributed by atoms with Crippen molar-refractivity contribution in [3.8, 4) is 0 Å². The van der Waals surface area contributed by atoms with Gasteiger partial charge in [-0.1, -0.05) is 12.1 Å². The molecular formula is C18H17FN2O4S. The van der Waals surface area contributed by atoms with Crippen LogP contribution in [-0.2, 0) is 19.4 Å². The smallest absolute Gasteiger partial charge is 0.244 e. The van der Waals surface area contributed by atoms with Crippen LogP contribution in [0.25, 0.3) is 0 Å². The molecule has 3 rings (SSSR count). The zero-order chi connectivity index (χ0) is 18.7. The van der Waals surface area contributed by atoms with E-state index in [1.165, 1.54) is 17.0 Å². The van der Waals surface area contributed by atoms with E-state index >= 15 is 0 Å². The molecule has 0 fully saturated rings. The Balaban J connectivity index is 1.64. The van der Waals surface area contributed by atoms with E-state index in [9.17, 15) is 22.4 Å². The first-order valence-corrected chi connectivity index (χ1v) is 9.69. The van der Waals surface area contributed by atoms with E-state index in [0.29, 0.717) is 11.4 Å². The van der Waals surface area contributed by atoms with E-state index in [-0.39, 0.29) is 41.8 Å². The summed E-state index contributed by atoms with van der Waals surface area (Å²) in [7, 11) is -3.59. The van der Waals surface area contributed by atoms with Crippen LogP contribution in [0.4, 0.5) is 15.8 Å². The summed E-state index contributed by atoms with van der Waals surface area (Å²) in [4.78, 5) is 25.6. The Morgan fingerprint density at radius 1 is 1.12 bits per heavy atom. The lowest BCUT2D eigenvalue weighted by Gasteiger charge is -2.29. The third kappa shape index (κ3) is 3.91. The van der Waals surface area contributed by atoms with Gasteiger partial charge in [0.1, 0.15) is 12.4 Å². The van der Waals surface area contributed by atoms with Crippen molar-refractivity contribution in [1.29, 1.82) is 0 Å². The lowest BCUT2D eigenvalue weighted by molar-refractivity contribution is -0.121. The number of benzene rings is 2. The number of para-hydroxylation sites is 2. The summed E-state index contributed by atoms with van der Waals surface area (Å²) in [5, 5.41) is 2.69. The van der Waals surface area contributed by atoms with E-state index in [4.69, 9.17) is 0 Å². The Kier molecular flexibility index (Phi) is 5.03. The maximum atomic E-state index is 12.9. The number of anilines is 2. The standard InChI is InChI=1S/C18H17FN2O4S/c19-13-7-9-14(10-8-13)26(24,25)11-3-6-18(23)21-12-17(22)20-15-4-1-2-5-16(15)21/h1-2,4-5,7-10H,3,6,11-12H2,(H,20,22). The number of halogens is 1. The summed E-state index contributed by atoms with van der Waals surface area (Å²) in [5.41, 5.74) is 1.15. The molecule has 8 heteroatoms. The molecule has 26 heavy (non-hydrogen) atoms. The molecule has 1 aliphatic heterocycles. The highest BCUT2D eigenvalue weighted by Gasteiger charge is 2.26. The fourth-order valence-electron chi connectivity index (χ4n) is 2.76. The molecule has 0 spiro atoms. The number of nitrogens with zero attached hydrogens (tertiary/aromatic N) is 1. The second-order valence-electron chi connectivity index (χ2n) is 5.92. The van der Waals surface area contributed by atoms with Gasteiger partial charge in [-0.2, -0.15) is 0 Å². The number of amides is 2. The highest BCUT2D eigenvalue weighted by atomic mass is 32.2. The number of hydrogen-bond acceptors (Lipinski definition) is 4. The van der Waals surface area contributed by atoms with Gasteiger partial charge in [0.05, 0.1) is 22.0 Å². The van der Waals surface area contributed by atoms with E-state index in [1.807, 2.05) is 0 Å². The van der Waals surface area contributed by atoms with E-state index < -0.39 is 15.7 Å². The van der Waals surface area contributed by atoms with Crippen LogP contribution in [0.3, 0.4) is 0 Å². The first-order chi connectivity index (χ1) is 12.4. The van der Waals surface area contributed by atoms with Crippen molar-refractivity contribution < 1.29 is 22.4 Å². The monoisotopic (exact) mass is 376 g/mol. The molecule has 0 aliphatic carbocycles. The SMILES string of the molecule is O=C1CN(C(=O)CCCS(=O)(=O)c2ccc(F)cc2)c2ccccc2N1. The average molecular weight is 376 g/mol. The Morgan fingerprint density at radius 3 is 2.54 bits per heavy atom. The van der Waals surface area contributed by atoms with Gasteiger partial charge >= 0.3 is 0 Å². The Bertz CT molecular complexity index is 942. The molecule has 0 atom stereocenters. The number of nitrogens with one attached hydrogen (secondary N) is 1. The molecule has 0 saturated heterocycles. The van der Waals surface area contributed by atoms with Crippen LogP contribution in [0.2, 0.25) is 0 Å². The summed E-state index contributed by atoms with van der Waals surface area (Å²) >= 11 is 0. The van der Waals surface area contributed by atoms with Gasteiger partial charge in [0, 0.05) is 6.42 Å². The molecule has 0 unspecified atom stereocenters. The highest BCUT2D eigenvalue weighted by Crippen LogP contribution is 2.29. The largest absolute Gasteiger partial charge is 0.323 e. The molecular weight excluding hydrogens is 359 g/mol. The molecule has 2 aromatic carbocycles. The molecule has 136 valence electrons. The van der Waals surface area contributed by atoms with E-state index in [2.05, 4.69) is 5.32 Å². The van der Waals surface area contributed by atoms with Gasteiger partial charge in [0.15, 0.2) is 9.84 Å². The van der Waals surface area contributed by atoms with Crippen molar-refractivity contribution in [2.75, 3.05) is 22.5 Å². The van der Waals surface area contributed by atoms with Crippen molar-refractivity contribution in [3.63, 3.8) is 0 Å². The van der Waals surface area contributed by atoms with E-state index in [1.54, 1.807) is 24.3 Å². The van der Waals surface area contributed by atoms with Gasteiger partial charge in [-0.3, -0.25) is 9.59 Å². The van der Waals surface area contributed by atoms with Gasteiger partial charge < -0.3 is 10.2 Å². The molecule has 1 aliphatic rings. The minimum absolute atomic E-state index is 0.0119. The van der Waals surface area contributed by atoms with Crippen molar-refractivity contribution in [3.05, 3.63) is 54.3 Å².